The zero-order valence-electron chi connectivity index (χ0n) is 12.4. The molecule has 19 heavy (non-hydrogen) atoms. The SMILES string of the molecule is Cc1ccc(C(NCC2CCC(C)C2)C2CC2)cc1. The van der Waals surface area contributed by atoms with Crippen molar-refractivity contribution in [1.82, 2.24) is 5.32 Å². The molecular formula is C18H27N. The molecule has 2 fully saturated rings. The Bertz CT molecular complexity index is 404. The first kappa shape index (κ1) is 13.2. The maximum absolute atomic E-state index is 3.88. The molecule has 3 atom stereocenters. The van der Waals surface area contributed by atoms with Gasteiger partial charge in [-0.3, -0.25) is 0 Å². The fourth-order valence-electron chi connectivity index (χ4n) is 3.56. The molecule has 0 saturated heterocycles. The minimum absolute atomic E-state index is 0.608. The molecule has 2 aliphatic rings. The first-order valence-corrected chi connectivity index (χ1v) is 8.02. The van der Waals surface area contributed by atoms with Gasteiger partial charge in [0.15, 0.2) is 0 Å². The van der Waals surface area contributed by atoms with Crippen LogP contribution in [0, 0.1) is 24.7 Å². The van der Waals surface area contributed by atoms with Crippen LogP contribution >= 0.6 is 0 Å². The molecule has 3 unspecified atom stereocenters. The highest BCUT2D eigenvalue weighted by atomic mass is 14.9. The third kappa shape index (κ3) is 3.39. The zero-order valence-corrected chi connectivity index (χ0v) is 12.4. The highest BCUT2D eigenvalue weighted by Crippen LogP contribution is 2.41. The number of rotatable bonds is 5. The van der Waals surface area contributed by atoms with Gasteiger partial charge in [-0.1, -0.05) is 43.2 Å². The van der Waals surface area contributed by atoms with E-state index in [4.69, 9.17) is 0 Å². The summed E-state index contributed by atoms with van der Waals surface area (Å²) in [7, 11) is 0. The van der Waals surface area contributed by atoms with E-state index in [1.54, 1.807) is 0 Å². The molecule has 3 rings (SSSR count). The van der Waals surface area contributed by atoms with Crippen molar-refractivity contribution >= 4 is 0 Å². The van der Waals surface area contributed by atoms with Gasteiger partial charge in [-0.05, 0) is 62.5 Å². The fourth-order valence-corrected chi connectivity index (χ4v) is 3.56. The summed E-state index contributed by atoms with van der Waals surface area (Å²) in [5, 5.41) is 3.88. The van der Waals surface area contributed by atoms with Crippen LogP contribution in [0.1, 0.15) is 56.2 Å². The second-order valence-corrected chi connectivity index (χ2v) is 6.92. The Kier molecular flexibility index (Phi) is 3.93. The van der Waals surface area contributed by atoms with Crippen LogP contribution in [0.15, 0.2) is 24.3 Å². The van der Waals surface area contributed by atoms with Crippen LogP contribution in [0.5, 0.6) is 0 Å². The Morgan fingerprint density at radius 2 is 1.84 bits per heavy atom. The van der Waals surface area contributed by atoms with Crippen LogP contribution in [0.3, 0.4) is 0 Å². The topological polar surface area (TPSA) is 12.0 Å². The van der Waals surface area contributed by atoms with E-state index >= 15 is 0 Å². The smallest absolute Gasteiger partial charge is 0.0348 e. The van der Waals surface area contributed by atoms with Gasteiger partial charge >= 0.3 is 0 Å². The first-order chi connectivity index (χ1) is 9.22. The Morgan fingerprint density at radius 1 is 1.11 bits per heavy atom. The lowest BCUT2D eigenvalue weighted by Gasteiger charge is -2.21. The summed E-state index contributed by atoms with van der Waals surface area (Å²) in [5.74, 6) is 2.76. The minimum Gasteiger partial charge on any atom is -0.309 e. The van der Waals surface area contributed by atoms with Crippen molar-refractivity contribution in [2.75, 3.05) is 6.54 Å². The number of nitrogens with one attached hydrogen (secondary N) is 1. The highest BCUT2D eigenvalue weighted by molar-refractivity contribution is 5.25. The molecular weight excluding hydrogens is 230 g/mol. The van der Waals surface area contributed by atoms with Gasteiger partial charge in [-0.2, -0.15) is 0 Å². The van der Waals surface area contributed by atoms with Crippen LogP contribution in [-0.2, 0) is 0 Å². The largest absolute Gasteiger partial charge is 0.309 e. The molecule has 0 aromatic heterocycles. The first-order valence-electron chi connectivity index (χ1n) is 8.02. The summed E-state index contributed by atoms with van der Waals surface area (Å²) in [6, 6.07) is 9.76. The summed E-state index contributed by atoms with van der Waals surface area (Å²) in [6.45, 7) is 5.79. The van der Waals surface area contributed by atoms with Gasteiger partial charge in [0.2, 0.25) is 0 Å². The lowest BCUT2D eigenvalue weighted by molar-refractivity contribution is 0.404. The average molecular weight is 257 g/mol. The van der Waals surface area contributed by atoms with E-state index in [1.807, 2.05) is 0 Å². The molecule has 0 spiro atoms. The number of hydrogen-bond acceptors (Lipinski definition) is 1. The van der Waals surface area contributed by atoms with Crippen molar-refractivity contribution in [3.05, 3.63) is 35.4 Å². The van der Waals surface area contributed by atoms with E-state index in [-0.39, 0.29) is 0 Å². The van der Waals surface area contributed by atoms with Crippen molar-refractivity contribution < 1.29 is 0 Å². The third-order valence-electron chi connectivity index (χ3n) is 4.96. The van der Waals surface area contributed by atoms with Gasteiger partial charge in [0.05, 0.1) is 0 Å². The predicted molar refractivity (Wildman–Crippen MR) is 81.2 cm³/mol. The van der Waals surface area contributed by atoms with E-state index in [2.05, 4.69) is 43.4 Å². The van der Waals surface area contributed by atoms with Gasteiger partial charge < -0.3 is 5.32 Å². The van der Waals surface area contributed by atoms with E-state index in [1.165, 1.54) is 49.8 Å². The molecule has 0 amide bonds. The van der Waals surface area contributed by atoms with Crippen LogP contribution < -0.4 is 5.32 Å². The van der Waals surface area contributed by atoms with E-state index in [9.17, 15) is 0 Å². The molecule has 1 aromatic rings. The van der Waals surface area contributed by atoms with Crippen LogP contribution in [0.2, 0.25) is 0 Å². The number of benzene rings is 1. The summed E-state index contributed by atoms with van der Waals surface area (Å²) in [6.07, 6.45) is 7.11. The summed E-state index contributed by atoms with van der Waals surface area (Å²) < 4.78 is 0. The molecule has 1 aromatic carbocycles. The summed E-state index contributed by atoms with van der Waals surface area (Å²) in [5.41, 5.74) is 2.86. The van der Waals surface area contributed by atoms with E-state index in [0.29, 0.717) is 6.04 Å². The Labute approximate surface area is 117 Å². The molecule has 1 nitrogen and oxygen atoms in total. The van der Waals surface area contributed by atoms with Crippen LogP contribution in [0.4, 0.5) is 0 Å². The van der Waals surface area contributed by atoms with Crippen molar-refractivity contribution in [3.8, 4) is 0 Å². The van der Waals surface area contributed by atoms with Gasteiger partial charge in [-0.15, -0.1) is 0 Å². The second kappa shape index (κ2) is 5.66. The molecule has 0 radical (unpaired) electrons. The van der Waals surface area contributed by atoms with Gasteiger partial charge in [0, 0.05) is 6.04 Å². The van der Waals surface area contributed by atoms with Gasteiger partial charge in [0.1, 0.15) is 0 Å². The normalized spacial score (nSPS) is 28.5. The molecule has 104 valence electrons. The van der Waals surface area contributed by atoms with E-state index < -0.39 is 0 Å². The molecule has 0 heterocycles. The third-order valence-corrected chi connectivity index (χ3v) is 4.96. The number of hydrogen-bond donors (Lipinski definition) is 1. The lowest BCUT2D eigenvalue weighted by Crippen LogP contribution is -2.28. The molecule has 0 aliphatic heterocycles. The van der Waals surface area contributed by atoms with E-state index in [0.717, 1.165) is 17.8 Å². The maximum Gasteiger partial charge on any atom is 0.0348 e. The summed E-state index contributed by atoms with van der Waals surface area (Å²) >= 11 is 0. The van der Waals surface area contributed by atoms with Gasteiger partial charge in [-0.25, -0.2) is 0 Å². The van der Waals surface area contributed by atoms with Crippen LogP contribution in [-0.4, -0.2) is 6.54 Å². The molecule has 1 heteroatoms. The van der Waals surface area contributed by atoms with Crippen LogP contribution in [0.25, 0.3) is 0 Å². The number of aryl methyl sites for hydroxylation is 1. The zero-order chi connectivity index (χ0) is 13.2. The predicted octanol–water partition coefficient (Wildman–Crippen LogP) is 4.47. The summed E-state index contributed by atoms with van der Waals surface area (Å²) in [4.78, 5) is 0. The fraction of sp³-hybridized carbons (Fsp3) is 0.667. The molecule has 2 saturated carbocycles. The van der Waals surface area contributed by atoms with Crippen molar-refractivity contribution in [2.24, 2.45) is 17.8 Å². The molecule has 0 bridgehead atoms. The minimum atomic E-state index is 0.608. The average Bonchev–Trinajstić information content (AvgIpc) is 3.15. The Hall–Kier alpha value is -0.820. The lowest BCUT2D eigenvalue weighted by atomic mass is 9.99. The molecule has 2 aliphatic carbocycles. The highest BCUT2D eigenvalue weighted by Gasteiger charge is 2.32. The van der Waals surface area contributed by atoms with Crippen molar-refractivity contribution in [1.29, 1.82) is 0 Å². The monoisotopic (exact) mass is 257 g/mol. The standard InChI is InChI=1S/C18H27N/c1-13-4-7-16(8-5-13)18(17-9-10-17)19-12-15-6-3-14(2)11-15/h4-5,7-8,14-15,17-19H,3,6,9-12H2,1-2H3. The quantitative estimate of drug-likeness (QED) is 0.820. The van der Waals surface area contributed by atoms with Gasteiger partial charge in [0.25, 0.3) is 0 Å². The Morgan fingerprint density at radius 3 is 2.42 bits per heavy atom. The van der Waals surface area contributed by atoms with Crippen molar-refractivity contribution in [2.45, 2.75) is 52.0 Å². The Balaban J connectivity index is 1.60. The second-order valence-electron chi connectivity index (χ2n) is 6.92. The molecule has 1 N–H and O–H groups in total. The van der Waals surface area contributed by atoms with Crippen molar-refractivity contribution in [3.63, 3.8) is 0 Å². The maximum atomic E-state index is 3.88.